The number of hydrogen-bond donors (Lipinski definition) is 17. The summed E-state index contributed by atoms with van der Waals surface area (Å²) in [6, 6.07) is 5.70. The fraction of sp³-hybridized carbons (Fsp3) is 0.662. The van der Waals surface area contributed by atoms with Gasteiger partial charge in [0, 0.05) is 12.8 Å². The second kappa shape index (κ2) is 48.1. The first-order valence-electron chi connectivity index (χ1n) is 34.3. The van der Waals surface area contributed by atoms with Crippen molar-refractivity contribution in [3.8, 4) is 0 Å². The number of benzene rings is 2. The van der Waals surface area contributed by atoms with E-state index < -0.39 is 132 Å². The van der Waals surface area contributed by atoms with E-state index in [1.54, 1.807) is 60.7 Å². The van der Waals surface area contributed by atoms with Gasteiger partial charge in [-0.25, -0.2) is 4.79 Å². The summed E-state index contributed by atoms with van der Waals surface area (Å²) in [7, 11) is 0. The largest absolute Gasteiger partial charge is 0.480 e. The fourth-order valence-corrected chi connectivity index (χ4v) is 10.6. The molecule has 2 rings (SSSR count). The summed E-state index contributed by atoms with van der Waals surface area (Å²) in [5.41, 5.74) is 36.4. The maximum atomic E-state index is 14.7. The highest BCUT2D eigenvalue weighted by Crippen LogP contribution is 2.15. The molecule has 0 fully saturated rings. The quantitative estimate of drug-likeness (QED) is 0.0392. The molecule has 0 radical (unpaired) electrons. The molecule has 0 aromatic heterocycles. The standard InChI is InChI=1S/C68H116N16O12/c1-43(2)37-53(64(91)79-52(31-17-22-36-73)63(90)82-56(41-47-25-11-8-12-26-47)67(94)84-57(68(95)96)39-45(5)6)76-58(85)42-75-60(87)49(28-14-19-33-70)78-61(88)51(30-16-21-35-72)80-66(93)55(40-46-23-9-7-10-24-46)83-65(92)54(38-44(3)4)81-62(89)50(29-15-20-34-71)77-59(86)48(74)27-13-18-32-69/h7-12,23-26,43-45,48-57H,13-22,27-42,69-74H2,1-6H3,(H,75,87)(H,76,85)(H,77,86)(H,78,88)(H,79,91)(H,80,93)(H,81,89)(H,82,90)(H,83,92)(H,84,94)(H,95,96)/t48-,49-,50-,51-,52-,53-,54-,55-,56-,57-/m0/s1. The molecule has 0 aliphatic carbocycles. The van der Waals surface area contributed by atoms with Crippen LogP contribution in [-0.2, 0) is 65.6 Å². The molecule has 23 N–H and O–H groups in total. The average molecular weight is 1350 g/mol. The molecule has 96 heavy (non-hydrogen) atoms. The van der Waals surface area contributed by atoms with Crippen LogP contribution in [0, 0.1) is 17.8 Å². The van der Waals surface area contributed by atoms with Crippen LogP contribution in [0.1, 0.15) is 168 Å². The van der Waals surface area contributed by atoms with E-state index in [1.807, 2.05) is 41.5 Å². The van der Waals surface area contributed by atoms with Crippen molar-refractivity contribution in [1.29, 1.82) is 0 Å². The number of carboxylic acid groups (broad SMARTS) is 1. The highest BCUT2D eigenvalue weighted by atomic mass is 16.4. The van der Waals surface area contributed by atoms with Gasteiger partial charge >= 0.3 is 5.97 Å². The number of hydrogen-bond acceptors (Lipinski definition) is 17. The molecule has 2 aromatic carbocycles. The van der Waals surface area contributed by atoms with Crippen molar-refractivity contribution >= 4 is 65.0 Å². The third-order valence-corrected chi connectivity index (χ3v) is 15.9. The summed E-state index contributed by atoms with van der Waals surface area (Å²) in [5, 5.41) is 37.2. The fourth-order valence-electron chi connectivity index (χ4n) is 10.6. The van der Waals surface area contributed by atoms with Crippen molar-refractivity contribution in [2.45, 2.75) is 230 Å². The smallest absolute Gasteiger partial charge is 0.326 e. The van der Waals surface area contributed by atoms with Crippen LogP contribution in [0.2, 0.25) is 0 Å². The van der Waals surface area contributed by atoms with Crippen LogP contribution in [0.25, 0.3) is 0 Å². The topological polar surface area (TPSA) is 484 Å². The number of carboxylic acids is 1. The van der Waals surface area contributed by atoms with Crippen LogP contribution in [0.5, 0.6) is 0 Å². The number of amides is 10. The lowest BCUT2D eigenvalue weighted by Gasteiger charge is -2.28. The Labute approximate surface area is 567 Å². The first kappa shape index (κ1) is 84.5. The third kappa shape index (κ3) is 34.9. The molecule has 28 nitrogen and oxygen atoms in total. The van der Waals surface area contributed by atoms with Gasteiger partial charge in [0.05, 0.1) is 12.6 Å². The first-order chi connectivity index (χ1) is 45.8. The second-order valence-corrected chi connectivity index (χ2v) is 26.0. The van der Waals surface area contributed by atoms with Crippen molar-refractivity contribution in [2.75, 3.05) is 39.3 Å². The highest BCUT2D eigenvalue weighted by molar-refractivity contribution is 5.98. The first-order valence-corrected chi connectivity index (χ1v) is 34.3. The molecule has 10 atom stereocenters. The van der Waals surface area contributed by atoms with Gasteiger partial charge in [-0.1, -0.05) is 109 Å². The van der Waals surface area contributed by atoms with Gasteiger partial charge in [-0.15, -0.1) is 0 Å². The molecule has 0 bridgehead atoms. The van der Waals surface area contributed by atoms with Gasteiger partial charge in [0.1, 0.15) is 54.4 Å². The molecule has 540 valence electrons. The van der Waals surface area contributed by atoms with Gasteiger partial charge < -0.3 is 92.7 Å². The minimum Gasteiger partial charge on any atom is -0.480 e. The molecule has 0 aliphatic rings. The van der Waals surface area contributed by atoms with Crippen molar-refractivity contribution in [3.63, 3.8) is 0 Å². The monoisotopic (exact) mass is 1350 g/mol. The van der Waals surface area contributed by atoms with E-state index in [1.165, 1.54) is 0 Å². The summed E-state index contributed by atoms with van der Waals surface area (Å²) in [6.07, 6.45) is 5.96. The molecule has 0 saturated heterocycles. The second-order valence-electron chi connectivity index (χ2n) is 26.0. The Morgan fingerprint density at radius 1 is 0.333 bits per heavy atom. The summed E-state index contributed by atoms with van der Waals surface area (Å²) in [6.45, 7) is 11.9. The Balaban J connectivity index is 2.43. The zero-order chi connectivity index (χ0) is 71.5. The molecule has 0 unspecified atom stereocenters. The van der Waals surface area contributed by atoms with Crippen LogP contribution in [0.3, 0.4) is 0 Å². The van der Waals surface area contributed by atoms with Crippen LogP contribution in [-0.4, -0.2) is 170 Å². The summed E-state index contributed by atoms with van der Waals surface area (Å²) < 4.78 is 0. The van der Waals surface area contributed by atoms with E-state index in [2.05, 4.69) is 53.2 Å². The molecule has 0 heterocycles. The minimum absolute atomic E-state index is 0.00479. The number of nitrogens with two attached hydrogens (primary N) is 6. The lowest BCUT2D eigenvalue weighted by Crippen LogP contribution is -2.60. The SMILES string of the molecule is CC(C)C[C@H](NC(=O)[C@H](Cc1ccccc1)NC(=O)[C@H](CCCCN)NC(=O)[C@H](CC(C)C)NC(=O)CNC(=O)[C@H](CCCCN)NC(=O)[C@H](CCCCN)NC(=O)[C@H](Cc1ccccc1)NC(=O)[C@H](CC(C)C)NC(=O)[C@H](CCCCN)NC(=O)[C@@H](N)CCCCN)C(=O)O. The van der Waals surface area contributed by atoms with E-state index in [9.17, 15) is 57.8 Å². The lowest BCUT2D eigenvalue weighted by atomic mass is 9.99. The molecule has 0 aliphatic heterocycles. The molecular weight excluding hydrogens is 1230 g/mol. The molecule has 0 spiro atoms. The normalized spacial score (nSPS) is 14.4. The molecular formula is C68H116N16O12. The lowest BCUT2D eigenvalue weighted by molar-refractivity contribution is -0.142. The number of carbonyl (C=O) groups excluding carboxylic acids is 10. The van der Waals surface area contributed by atoms with E-state index in [0.717, 1.165) is 0 Å². The predicted octanol–water partition coefficient (Wildman–Crippen LogP) is 0.146. The molecule has 2 aromatic rings. The molecule has 10 amide bonds. The Morgan fingerprint density at radius 3 is 0.948 bits per heavy atom. The third-order valence-electron chi connectivity index (χ3n) is 15.9. The van der Waals surface area contributed by atoms with Gasteiger partial charge in [-0.2, -0.15) is 0 Å². The summed E-state index contributed by atoms with van der Waals surface area (Å²) >= 11 is 0. The highest BCUT2D eigenvalue weighted by Gasteiger charge is 2.36. The maximum Gasteiger partial charge on any atom is 0.326 e. The van der Waals surface area contributed by atoms with Crippen molar-refractivity contribution in [3.05, 3.63) is 71.8 Å². The zero-order valence-corrected chi connectivity index (χ0v) is 57.6. The van der Waals surface area contributed by atoms with Crippen molar-refractivity contribution < 1.29 is 57.8 Å². The molecule has 0 saturated carbocycles. The maximum absolute atomic E-state index is 14.7. The van der Waals surface area contributed by atoms with Crippen LogP contribution in [0.15, 0.2) is 60.7 Å². The summed E-state index contributed by atoms with van der Waals surface area (Å²) in [4.78, 5) is 154. The number of unbranched alkanes of at least 4 members (excludes halogenated alkanes) is 5. The van der Waals surface area contributed by atoms with Crippen molar-refractivity contribution in [2.24, 2.45) is 52.2 Å². The van der Waals surface area contributed by atoms with Crippen LogP contribution in [0.4, 0.5) is 0 Å². The van der Waals surface area contributed by atoms with E-state index >= 15 is 0 Å². The van der Waals surface area contributed by atoms with Gasteiger partial charge in [-0.05, 0) is 171 Å². The Bertz CT molecular complexity index is 2670. The predicted molar refractivity (Wildman–Crippen MR) is 369 cm³/mol. The Morgan fingerprint density at radius 2 is 0.604 bits per heavy atom. The van der Waals surface area contributed by atoms with E-state index in [4.69, 9.17) is 34.4 Å². The zero-order valence-electron chi connectivity index (χ0n) is 57.6. The van der Waals surface area contributed by atoms with Crippen LogP contribution >= 0.6 is 0 Å². The van der Waals surface area contributed by atoms with Crippen LogP contribution < -0.4 is 87.6 Å². The minimum atomic E-state index is -1.31. The van der Waals surface area contributed by atoms with Gasteiger partial charge in [0.15, 0.2) is 0 Å². The Kier molecular flexibility index (Phi) is 42.3. The molecule has 28 heteroatoms. The van der Waals surface area contributed by atoms with Gasteiger partial charge in [0.25, 0.3) is 0 Å². The van der Waals surface area contributed by atoms with E-state index in [-0.39, 0.29) is 95.2 Å². The summed E-state index contributed by atoms with van der Waals surface area (Å²) in [5.74, 6) is -8.76. The number of rotatable bonds is 51. The van der Waals surface area contributed by atoms with Crippen molar-refractivity contribution in [1.82, 2.24) is 53.2 Å². The van der Waals surface area contributed by atoms with Gasteiger partial charge in [0.2, 0.25) is 59.1 Å². The average Bonchev–Trinajstić information content (AvgIpc) is 1.09. The van der Waals surface area contributed by atoms with E-state index in [0.29, 0.717) is 94.8 Å². The Hall–Kier alpha value is -7.63. The van der Waals surface area contributed by atoms with Gasteiger partial charge in [-0.3, -0.25) is 47.9 Å². The number of nitrogens with one attached hydrogen (secondary N) is 10. The number of aliphatic carboxylic acids is 1. The number of carbonyl (C=O) groups is 11.